The number of hydrogen-bond donors (Lipinski definition) is 0. The predicted octanol–water partition coefficient (Wildman–Crippen LogP) is 5.04. The standard InChI is InChI=1S/C15H12Br2ClN3/c1-9-7-12-15(19-8-9)21(13(20-12)5-6-18)14-10(16)3-2-4-11(14)17/h2-4,7-8H,5-6H2,1H3. The number of nitrogens with zero attached hydrogens (tertiary/aromatic N) is 3. The number of rotatable bonds is 3. The number of benzene rings is 1. The first-order valence-electron chi connectivity index (χ1n) is 6.46. The zero-order chi connectivity index (χ0) is 15.0. The Balaban J connectivity index is 2.36. The van der Waals surface area contributed by atoms with Crippen molar-refractivity contribution < 1.29 is 0 Å². The van der Waals surface area contributed by atoms with Gasteiger partial charge >= 0.3 is 0 Å². The summed E-state index contributed by atoms with van der Waals surface area (Å²) in [5.41, 5.74) is 3.82. The van der Waals surface area contributed by atoms with Crippen molar-refractivity contribution in [2.75, 3.05) is 5.88 Å². The van der Waals surface area contributed by atoms with Crippen LogP contribution in [0.25, 0.3) is 16.9 Å². The van der Waals surface area contributed by atoms with E-state index in [1.807, 2.05) is 37.4 Å². The molecule has 1 aromatic carbocycles. The van der Waals surface area contributed by atoms with Gasteiger partial charge in [0.2, 0.25) is 0 Å². The highest BCUT2D eigenvalue weighted by molar-refractivity contribution is 9.11. The van der Waals surface area contributed by atoms with E-state index in [-0.39, 0.29) is 0 Å². The summed E-state index contributed by atoms with van der Waals surface area (Å²) in [4.78, 5) is 9.25. The maximum atomic E-state index is 5.94. The molecule has 0 bridgehead atoms. The summed E-state index contributed by atoms with van der Waals surface area (Å²) in [5.74, 6) is 1.43. The van der Waals surface area contributed by atoms with E-state index in [2.05, 4.69) is 41.4 Å². The van der Waals surface area contributed by atoms with Crippen molar-refractivity contribution in [2.24, 2.45) is 0 Å². The Kier molecular flexibility index (Phi) is 4.33. The molecule has 0 fully saturated rings. The van der Waals surface area contributed by atoms with E-state index < -0.39 is 0 Å². The summed E-state index contributed by atoms with van der Waals surface area (Å²) >= 11 is 13.2. The van der Waals surface area contributed by atoms with Gasteiger partial charge in [0.15, 0.2) is 5.65 Å². The summed E-state index contributed by atoms with van der Waals surface area (Å²) in [7, 11) is 0. The Labute approximate surface area is 144 Å². The molecular weight excluding hydrogens is 417 g/mol. The molecule has 2 heterocycles. The van der Waals surface area contributed by atoms with Crippen LogP contribution >= 0.6 is 43.5 Å². The van der Waals surface area contributed by atoms with Crippen molar-refractivity contribution in [2.45, 2.75) is 13.3 Å². The van der Waals surface area contributed by atoms with Crippen molar-refractivity contribution >= 4 is 54.6 Å². The zero-order valence-electron chi connectivity index (χ0n) is 11.3. The van der Waals surface area contributed by atoms with Gasteiger partial charge in [-0.3, -0.25) is 4.57 Å². The molecule has 0 unspecified atom stereocenters. The first kappa shape index (κ1) is 15.0. The fourth-order valence-electron chi connectivity index (χ4n) is 2.30. The number of fused-ring (bicyclic) bond motifs is 1. The van der Waals surface area contributed by atoms with Crippen molar-refractivity contribution in [3.63, 3.8) is 0 Å². The van der Waals surface area contributed by atoms with Gasteiger partial charge in [-0.1, -0.05) is 6.07 Å². The van der Waals surface area contributed by atoms with Gasteiger partial charge < -0.3 is 0 Å². The monoisotopic (exact) mass is 427 g/mol. The molecule has 0 aliphatic carbocycles. The van der Waals surface area contributed by atoms with Gasteiger partial charge in [-0.05, 0) is 62.5 Å². The number of aryl methyl sites for hydroxylation is 2. The SMILES string of the molecule is Cc1cnc2c(c1)nc(CCCl)n2-c1c(Br)cccc1Br. The lowest BCUT2D eigenvalue weighted by molar-refractivity contribution is 0.899. The second-order valence-electron chi connectivity index (χ2n) is 4.73. The van der Waals surface area contributed by atoms with Gasteiger partial charge in [0.1, 0.15) is 11.3 Å². The third-order valence-electron chi connectivity index (χ3n) is 3.18. The molecule has 0 saturated carbocycles. The third kappa shape index (κ3) is 2.74. The topological polar surface area (TPSA) is 30.7 Å². The van der Waals surface area contributed by atoms with Crippen molar-refractivity contribution in [1.82, 2.24) is 14.5 Å². The van der Waals surface area contributed by atoms with Crippen LogP contribution in [0, 0.1) is 6.92 Å². The molecule has 0 aliphatic rings. The van der Waals surface area contributed by atoms with Crippen LogP contribution < -0.4 is 0 Å². The zero-order valence-corrected chi connectivity index (χ0v) is 15.2. The Hall–Kier alpha value is -0.910. The van der Waals surface area contributed by atoms with Crippen molar-refractivity contribution in [3.8, 4) is 5.69 Å². The highest BCUT2D eigenvalue weighted by Gasteiger charge is 2.17. The number of halogens is 3. The average Bonchev–Trinajstić information content (AvgIpc) is 2.77. The number of pyridine rings is 1. The Morgan fingerprint density at radius 3 is 2.62 bits per heavy atom. The molecule has 21 heavy (non-hydrogen) atoms. The summed E-state index contributed by atoms with van der Waals surface area (Å²) in [6.07, 6.45) is 2.54. The molecular formula is C15H12Br2ClN3. The van der Waals surface area contributed by atoms with Crippen LogP contribution in [-0.4, -0.2) is 20.4 Å². The van der Waals surface area contributed by atoms with Crippen molar-refractivity contribution in [3.05, 3.63) is 50.8 Å². The Morgan fingerprint density at radius 1 is 1.24 bits per heavy atom. The quantitative estimate of drug-likeness (QED) is 0.547. The molecule has 3 aromatic rings. The first-order valence-corrected chi connectivity index (χ1v) is 8.58. The van der Waals surface area contributed by atoms with Crippen LogP contribution in [0.2, 0.25) is 0 Å². The lowest BCUT2D eigenvalue weighted by Gasteiger charge is -2.12. The maximum Gasteiger partial charge on any atom is 0.164 e. The van der Waals surface area contributed by atoms with Crippen LogP contribution in [0.4, 0.5) is 0 Å². The minimum absolute atomic E-state index is 0.518. The number of para-hydroxylation sites is 1. The van der Waals surface area contributed by atoms with Crippen LogP contribution in [0.5, 0.6) is 0 Å². The van der Waals surface area contributed by atoms with E-state index in [1.165, 1.54) is 0 Å². The summed E-state index contributed by atoms with van der Waals surface area (Å²) in [6, 6.07) is 8.03. The Bertz CT molecular complexity index is 794. The molecule has 0 radical (unpaired) electrons. The van der Waals surface area contributed by atoms with Crippen LogP contribution in [0.15, 0.2) is 39.4 Å². The molecule has 2 aromatic heterocycles. The van der Waals surface area contributed by atoms with Crippen LogP contribution in [0.3, 0.4) is 0 Å². The fourth-order valence-corrected chi connectivity index (χ4v) is 3.82. The largest absolute Gasteiger partial charge is 0.278 e. The van der Waals surface area contributed by atoms with E-state index in [0.29, 0.717) is 12.3 Å². The lowest BCUT2D eigenvalue weighted by Crippen LogP contribution is -2.04. The van der Waals surface area contributed by atoms with Gasteiger partial charge in [0.25, 0.3) is 0 Å². The third-order valence-corrected chi connectivity index (χ3v) is 4.65. The number of imidazole rings is 1. The molecule has 0 N–H and O–H groups in total. The van der Waals surface area contributed by atoms with E-state index in [4.69, 9.17) is 16.6 Å². The maximum absolute atomic E-state index is 5.94. The average molecular weight is 430 g/mol. The van der Waals surface area contributed by atoms with E-state index in [0.717, 1.165) is 37.2 Å². The summed E-state index contributed by atoms with van der Waals surface area (Å²) in [5, 5.41) is 0. The molecule has 0 saturated heterocycles. The summed E-state index contributed by atoms with van der Waals surface area (Å²) in [6.45, 7) is 2.01. The van der Waals surface area contributed by atoms with E-state index in [9.17, 15) is 0 Å². The fraction of sp³-hybridized carbons (Fsp3) is 0.200. The van der Waals surface area contributed by atoms with E-state index in [1.54, 1.807) is 0 Å². The normalized spacial score (nSPS) is 11.2. The highest BCUT2D eigenvalue weighted by atomic mass is 79.9. The first-order chi connectivity index (χ1) is 10.1. The molecule has 3 rings (SSSR count). The van der Waals surface area contributed by atoms with Gasteiger partial charge in [0.05, 0.1) is 5.69 Å². The second kappa shape index (κ2) is 6.07. The minimum atomic E-state index is 0.518. The summed E-state index contributed by atoms with van der Waals surface area (Å²) < 4.78 is 4.02. The predicted molar refractivity (Wildman–Crippen MR) is 93.4 cm³/mol. The number of hydrogen-bond acceptors (Lipinski definition) is 2. The van der Waals surface area contributed by atoms with Gasteiger partial charge in [-0.25, -0.2) is 9.97 Å². The smallest absolute Gasteiger partial charge is 0.164 e. The second-order valence-corrected chi connectivity index (χ2v) is 6.81. The molecule has 0 atom stereocenters. The van der Waals surface area contributed by atoms with Gasteiger partial charge in [0, 0.05) is 27.4 Å². The molecule has 6 heteroatoms. The van der Waals surface area contributed by atoms with Gasteiger partial charge in [-0.2, -0.15) is 0 Å². The van der Waals surface area contributed by atoms with Gasteiger partial charge in [-0.15, -0.1) is 11.6 Å². The molecule has 108 valence electrons. The molecule has 0 spiro atoms. The lowest BCUT2D eigenvalue weighted by atomic mass is 10.3. The van der Waals surface area contributed by atoms with Crippen LogP contribution in [-0.2, 0) is 6.42 Å². The molecule has 3 nitrogen and oxygen atoms in total. The molecule has 0 aliphatic heterocycles. The minimum Gasteiger partial charge on any atom is -0.278 e. The highest BCUT2D eigenvalue weighted by Crippen LogP contribution is 2.32. The van der Waals surface area contributed by atoms with Crippen LogP contribution in [0.1, 0.15) is 11.4 Å². The van der Waals surface area contributed by atoms with E-state index >= 15 is 0 Å². The molecule has 0 amide bonds. The number of alkyl halides is 1. The number of aromatic nitrogens is 3. The Morgan fingerprint density at radius 2 is 1.95 bits per heavy atom. The van der Waals surface area contributed by atoms with Crippen molar-refractivity contribution in [1.29, 1.82) is 0 Å².